The first-order valence-corrected chi connectivity index (χ1v) is 10.4. The van der Waals surface area contributed by atoms with Crippen LogP contribution in [-0.2, 0) is 6.54 Å². The third-order valence-corrected chi connectivity index (χ3v) is 5.56. The van der Waals surface area contributed by atoms with Crippen molar-refractivity contribution in [3.63, 3.8) is 0 Å². The van der Waals surface area contributed by atoms with Crippen LogP contribution < -0.4 is 15.4 Å². The highest BCUT2D eigenvalue weighted by atomic mass is 32.1. The zero-order valence-electron chi connectivity index (χ0n) is 16.7. The van der Waals surface area contributed by atoms with Crippen LogP contribution in [0.5, 0.6) is 5.75 Å². The number of thiazole rings is 1. The minimum absolute atomic E-state index is 0.114. The van der Waals surface area contributed by atoms with E-state index in [0.717, 1.165) is 53.6 Å². The molecule has 0 saturated carbocycles. The standard InChI is InChI=1S/C22H26N4O2S/c1-3-4-13-26(14-16-5-7-18(8-6-16)21(23)25-27)22-24-20(15-29-22)17-9-11-19(28-2)12-10-17/h5-12,15,27H,3-4,13-14H2,1-2H3,(H2,23,25). The Morgan fingerprint density at radius 1 is 1.17 bits per heavy atom. The molecular formula is C22H26N4O2S. The van der Waals surface area contributed by atoms with E-state index in [1.807, 2.05) is 48.5 Å². The minimum atomic E-state index is 0.114. The van der Waals surface area contributed by atoms with Crippen LogP contribution in [0.25, 0.3) is 11.3 Å². The number of benzene rings is 2. The number of rotatable bonds is 9. The minimum Gasteiger partial charge on any atom is -0.497 e. The number of anilines is 1. The van der Waals surface area contributed by atoms with E-state index in [1.165, 1.54) is 0 Å². The molecule has 3 aromatic rings. The van der Waals surface area contributed by atoms with Crippen LogP contribution >= 0.6 is 11.3 Å². The second-order valence-corrected chi connectivity index (χ2v) is 7.54. The SMILES string of the molecule is CCCCN(Cc1ccc(C(N)=NO)cc1)c1nc(-c2ccc(OC)cc2)cs1. The fourth-order valence-corrected chi connectivity index (χ4v) is 3.82. The monoisotopic (exact) mass is 410 g/mol. The quantitative estimate of drug-likeness (QED) is 0.231. The summed E-state index contributed by atoms with van der Waals surface area (Å²) in [4.78, 5) is 7.18. The number of ether oxygens (including phenoxy) is 1. The number of hydrogen-bond acceptors (Lipinski definition) is 6. The zero-order chi connectivity index (χ0) is 20.6. The molecule has 0 saturated heterocycles. The average Bonchev–Trinajstić information content (AvgIpc) is 3.26. The van der Waals surface area contributed by atoms with Gasteiger partial charge in [0.05, 0.1) is 12.8 Å². The summed E-state index contributed by atoms with van der Waals surface area (Å²) in [6, 6.07) is 15.7. The van der Waals surface area contributed by atoms with Crippen molar-refractivity contribution in [2.45, 2.75) is 26.3 Å². The van der Waals surface area contributed by atoms with Crippen molar-refractivity contribution in [1.29, 1.82) is 0 Å². The second kappa shape index (κ2) is 9.93. The lowest BCUT2D eigenvalue weighted by Crippen LogP contribution is -2.23. The molecule has 1 heterocycles. The highest BCUT2D eigenvalue weighted by molar-refractivity contribution is 7.14. The van der Waals surface area contributed by atoms with Gasteiger partial charge >= 0.3 is 0 Å². The molecule has 0 spiro atoms. The van der Waals surface area contributed by atoms with Crippen molar-refractivity contribution in [2.75, 3.05) is 18.6 Å². The van der Waals surface area contributed by atoms with Crippen LogP contribution in [0, 0.1) is 0 Å². The molecule has 0 atom stereocenters. The van der Waals surface area contributed by atoms with Crippen molar-refractivity contribution in [1.82, 2.24) is 4.98 Å². The summed E-state index contributed by atoms with van der Waals surface area (Å²) >= 11 is 1.66. The maximum Gasteiger partial charge on any atom is 0.186 e. The number of oxime groups is 1. The Morgan fingerprint density at radius 2 is 1.90 bits per heavy atom. The molecule has 0 unspecified atom stereocenters. The molecule has 0 aliphatic heterocycles. The Morgan fingerprint density at radius 3 is 2.52 bits per heavy atom. The molecule has 0 aliphatic carbocycles. The normalized spacial score (nSPS) is 11.4. The maximum absolute atomic E-state index is 8.82. The second-order valence-electron chi connectivity index (χ2n) is 6.70. The summed E-state index contributed by atoms with van der Waals surface area (Å²) in [6.07, 6.45) is 2.22. The molecule has 0 aliphatic rings. The van der Waals surface area contributed by atoms with Crippen LogP contribution in [0.3, 0.4) is 0 Å². The van der Waals surface area contributed by atoms with E-state index in [0.29, 0.717) is 5.56 Å². The van der Waals surface area contributed by atoms with Crippen LogP contribution in [0.4, 0.5) is 5.13 Å². The summed E-state index contributed by atoms with van der Waals surface area (Å²) in [5.74, 6) is 0.951. The maximum atomic E-state index is 8.82. The first kappa shape index (κ1) is 20.7. The van der Waals surface area contributed by atoms with Gasteiger partial charge in [0.2, 0.25) is 0 Å². The van der Waals surface area contributed by atoms with Gasteiger partial charge in [0.25, 0.3) is 0 Å². The van der Waals surface area contributed by atoms with Gasteiger partial charge in [-0.05, 0) is 36.2 Å². The Bertz CT molecular complexity index is 936. The molecule has 3 N–H and O–H groups in total. The van der Waals surface area contributed by atoms with E-state index in [9.17, 15) is 0 Å². The van der Waals surface area contributed by atoms with Crippen LogP contribution in [0.2, 0.25) is 0 Å². The van der Waals surface area contributed by atoms with E-state index >= 15 is 0 Å². The largest absolute Gasteiger partial charge is 0.497 e. The molecule has 6 nitrogen and oxygen atoms in total. The van der Waals surface area contributed by atoms with Crippen molar-refractivity contribution in [3.05, 3.63) is 65.0 Å². The molecule has 0 fully saturated rings. The van der Waals surface area contributed by atoms with Crippen LogP contribution in [0.15, 0.2) is 59.1 Å². The fourth-order valence-electron chi connectivity index (χ4n) is 2.95. The number of unbranched alkanes of at least 4 members (excludes halogenated alkanes) is 1. The number of nitrogens with zero attached hydrogens (tertiary/aromatic N) is 3. The topological polar surface area (TPSA) is 84.0 Å². The molecule has 2 aromatic carbocycles. The summed E-state index contributed by atoms with van der Waals surface area (Å²) < 4.78 is 5.23. The first-order chi connectivity index (χ1) is 14.1. The third kappa shape index (κ3) is 5.26. The first-order valence-electron chi connectivity index (χ1n) is 9.56. The Hall–Kier alpha value is -3.06. The number of hydrogen-bond donors (Lipinski definition) is 2. The lowest BCUT2D eigenvalue weighted by Gasteiger charge is -2.22. The number of aromatic nitrogens is 1. The van der Waals surface area contributed by atoms with E-state index < -0.39 is 0 Å². The molecule has 152 valence electrons. The predicted molar refractivity (Wildman–Crippen MR) is 119 cm³/mol. The van der Waals surface area contributed by atoms with Crippen molar-refractivity contribution in [2.24, 2.45) is 10.9 Å². The van der Waals surface area contributed by atoms with Gasteiger partial charge in [-0.2, -0.15) is 0 Å². The highest BCUT2D eigenvalue weighted by Gasteiger charge is 2.13. The summed E-state index contributed by atoms with van der Waals surface area (Å²) in [7, 11) is 1.67. The van der Waals surface area contributed by atoms with E-state index in [4.69, 9.17) is 20.7 Å². The van der Waals surface area contributed by atoms with E-state index in [2.05, 4.69) is 22.4 Å². The van der Waals surface area contributed by atoms with Gasteiger partial charge in [0.15, 0.2) is 11.0 Å². The molecule has 29 heavy (non-hydrogen) atoms. The molecule has 1 aromatic heterocycles. The number of amidine groups is 1. The third-order valence-electron chi connectivity index (χ3n) is 4.66. The van der Waals surface area contributed by atoms with Gasteiger partial charge < -0.3 is 20.6 Å². The van der Waals surface area contributed by atoms with Crippen molar-refractivity contribution in [3.8, 4) is 17.0 Å². The number of nitrogens with two attached hydrogens (primary N) is 1. The smallest absolute Gasteiger partial charge is 0.186 e. The van der Waals surface area contributed by atoms with Gasteiger partial charge in [0.1, 0.15) is 5.75 Å². The molecule has 7 heteroatoms. The number of methoxy groups -OCH3 is 1. The molecular weight excluding hydrogens is 384 g/mol. The molecule has 3 rings (SSSR count). The fraction of sp³-hybridized carbons (Fsp3) is 0.273. The van der Waals surface area contributed by atoms with Gasteiger partial charge in [0, 0.05) is 29.6 Å². The van der Waals surface area contributed by atoms with Crippen molar-refractivity contribution < 1.29 is 9.94 Å². The van der Waals surface area contributed by atoms with Gasteiger partial charge in [-0.1, -0.05) is 42.8 Å². The summed E-state index contributed by atoms with van der Waals surface area (Å²) in [5, 5.41) is 15.0. The van der Waals surface area contributed by atoms with E-state index in [-0.39, 0.29) is 5.84 Å². The molecule has 0 radical (unpaired) electrons. The Kier molecular flexibility index (Phi) is 7.08. The summed E-state index contributed by atoms with van der Waals surface area (Å²) in [5.41, 5.74) is 9.55. The molecule has 0 amide bonds. The van der Waals surface area contributed by atoms with Crippen LogP contribution in [-0.4, -0.2) is 29.7 Å². The predicted octanol–water partition coefficient (Wildman–Crippen LogP) is 4.72. The lowest BCUT2D eigenvalue weighted by atomic mass is 10.1. The molecule has 0 bridgehead atoms. The van der Waals surface area contributed by atoms with Crippen molar-refractivity contribution >= 4 is 22.3 Å². The highest BCUT2D eigenvalue weighted by Crippen LogP contribution is 2.29. The lowest BCUT2D eigenvalue weighted by molar-refractivity contribution is 0.318. The van der Waals surface area contributed by atoms with Crippen LogP contribution in [0.1, 0.15) is 30.9 Å². The van der Waals surface area contributed by atoms with E-state index in [1.54, 1.807) is 18.4 Å². The zero-order valence-corrected chi connectivity index (χ0v) is 17.5. The average molecular weight is 411 g/mol. The van der Waals surface area contributed by atoms with Gasteiger partial charge in [-0.15, -0.1) is 11.3 Å². The van der Waals surface area contributed by atoms with Gasteiger partial charge in [-0.25, -0.2) is 4.98 Å². The summed E-state index contributed by atoms with van der Waals surface area (Å²) in [6.45, 7) is 3.88. The Balaban J connectivity index is 1.78. The Labute approximate surface area is 175 Å². The van der Waals surface area contributed by atoms with Gasteiger partial charge in [-0.3, -0.25) is 0 Å².